The van der Waals surface area contributed by atoms with Gasteiger partial charge in [0.2, 0.25) is 0 Å². The molecule has 1 amide bonds. The quantitative estimate of drug-likeness (QED) is 0.535. The minimum atomic E-state index is -0.539. The highest BCUT2D eigenvalue weighted by molar-refractivity contribution is 5.93. The van der Waals surface area contributed by atoms with Gasteiger partial charge in [-0.2, -0.15) is 0 Å². The van der Waals surface area contributed by atoms with Gasteiger partial charge in [-0.05, 0) is 0 Å². The third-order valence-electron chi connectivity index (χ3n) is 2.54. The summed E-state index contributed by atoms with van der Waals surface area (Å²) in [6.07, 6.45) is 1.21. The lowest BCUT2D eigenvalue weighted by molar-refractivity contribution is -0.384. The standard InChI is InChI=1S/C9H12N4O3.ClH/c14-9(12-4-6-2-10-3-6)8-1-7(5-11-8)13(15)16;/h1,5-6,10-11H,2-4H2,(H,12,14);1H. The number of nitro groups is 1. The molecule has 0 radical (unpaired) electrons. The van der Waals surface area contributed by atoms with Gasteiger partial charge in [-0.1, -0.05) is 0 Å². The summed E-state index contributed by atoms with van der Waals surface area (Å²) in [6.45, 7) is 2.41. The van der Waals surface area contributed by atoms with Crippen LogP contribution in [0.1, 0.15) is 10.5 Å². The van der Waals surface area contributed by atoms with Gasteiger partial charge in [-0.25, -0.2) is 0 Å². The summed E-state index contributed by atoms with van der Waals surface area (Å²) in [5.41, 5.74) is 0.120. The zero-order valence-electron chi connectivity index (χ0n) is 8.93. The van der Waals surface area contributed by atoms with Crippen LogP contribution in [0.2, 0.25) is 0 Å². The van der Waals surface area contributed by atoms with Crippen molar-refractivity contribution in [1.82, 2.24) is 15.6 Å². The lowest BCUT2D eigenvalue weighted by Crippen LogP contribution is -2.48. The van der Waals surface area contributed by atoms with Crippen LogP contribution < -0.4 is 10.6 Å². The highest BCUT2D eigenvalue weighted by Crippen LogP contribution is 2.12. The first-order chi connectivity index (χ1) is 7.66. The smallest absolute Gasteiger partial charge is 0.287 e. The summed E-state index contributed by atoms with van der Waals surface area (Å²) in [5.74, 6) is 0.161. The second-order valence-corrected chi connectivity index (χ2v) is 3.76. The molecule has 0 aliphatic carbocycles. The fourth-order valence-electron chi connectivity index (χ4n) is 1.44. The van der Waals surface area contributed by atoms with Gasteiger partial charge in [0.25, 0.3) is 11.6 Å². The highest BCUT2D eigenvalue weighted by Gasteiger charge is 2.19. The average Bonchev–Trinajstić information content (AvgIpc) is 2.63. The van der Waals surface area contributed by atoms with E-state index in [0.717, 1.165) is 13.1 Å². The molecule has 7 nitrogen and oxygen atoms in total. The number of nitrogens with zero attached hydrogens (tertiary/aromatic N) is 1. The van der Waals surface area contributed by atoms with Crippen LogP contribution in [0.4, 0.5) is 5.69 Å². The molecule has 8 heteroatoms. The zero-order valence-corrected chi connectivity index (χ0v) is 9.75. The molecule has 1 aliphatic rings. The summed E-state index contributed by atoms with van der Waals surface area (Å²) in [7, 11) is 0. The van der Waals surface area contributed by atoms with Crippen molar-refractivity contribution < 1.29 is 9.72 Å². The van der Waals surface area contributed by atoms with Crippen LogP contribution in [0.3, 0.4) is 0 Å². The Kier molecular flexibility index (Phi) is 4.47. The van der Waals surface area contributed by atoms with Crippen molar-refractivity contribution in [3.63, 3.8) is 0 Å². The van der Waals surface area contributed by atoms with Gasteiger partial charge in [-0.3, -0.25) is 14.9 Å². The van der Waals surface area contributed by atoms with Crippen LogP contribution in [-0.4, -0.2) is 35.4 Å². The molecule has 0 unspecified atom stereocenters. The van der Waals surface area contributed by atoms with Crippen molar-refractivity contribution >= 4 is 24.0 Å². The summed E-state index contributed by atoms with van der Waals surface area (Å²) >= 11 is 0. The first-order valence-corrected chi connectivity index (χ1v) is 4.98. The monoisotopic (exact) mass is 260 g/mol. The molecule has 1 aliphatic heterocycles. The third kappa shape index (κ3) is 3.18. The zero-order chi connectivity index (χ0) is 11.5. The van der Waals surface area contributed by atoms with Crippen LogP contribution in [0.15, 0.2) is 12.3 Å². The van der Waals surface area contributed by atoms with E-state index < -0.39 is 4.92 Å². The number of carbonyl (C=O) groups excluding carboxylic acids is 1. The van der Waals surface area contributed by atoms with Crippen LogP contribution in [-0.2, 0) is 0 Å². The van der Waals surface area contributed by atoms with Crippen LogP contribution in [0.5, 0.6) is 0 Å². The van der Waals surface area contributed by atoms with E-state index in [4.69, 9.17) is 0 Å². The fourth-order valence-corrected chi connectivity index (χ4v) is 1.44. The molecule has 1 saturated heterocycles. The average molecular weight is 261 g/mol. The summed E-state index contributed by atoms with van der Waals surface area (Å²) in [6, 6.07) is 1.23. The number of amides is 1. The number of hydrogen-bond acceptors (Lipinski definition) is 4. The Labute approximate surface area is 104 Å². The predicted octanol–water partition coefficient (Wildman–Crippen LogP) is 0.294. The largest absolute Gasteiger partial charge is 0.351 e. The van der Waals surface area contributed by atoms with Crippen molar-refractivity contribution in [2.45, 2.75) is 0 Å². The number of carbonyl (C=O) groups is 1. The summed E-state index contributed by atoms with van der Waals surface area (Å²) in [4.78, 5) is 24.0. The van der Waals surface area contributed by atoms with Crippen molar-refractivity contribution in [3.8, 4) is 0 Å². The van der Waals surface area contributed by atoms with Crippen molar-refractivity contribution in [3.05, 3.63) is 28.1 Å². The van der Waals surface area contributed by atoms with Crippen LogP contribution in [0, 0.1) is 16.0 Å². The highest BCUT2D eigenvalue weighted by atomic mass is 35.5. The molecule has 2 rings (SSSR count). The van der Waals surface area contributed by atoms with Gasteiger partial charge >= 0.3 is 0 Å². The molecule has 1 aromatic rings. The lowest BCUT2D eigenvalue weighted by Gasteiger charge is -2.26. The maximum atomic E-state index is 11.5. The van der Waals surface area contributed by atoms with E-state index in [0.29, 0.717) is 12.5 Å². The molecule has 0 bridgehead atoms. The first-order valence-electron chi connectivity index (χ1n) is 4.98. The van der Waals surface area contributed by atoms with E-state index in [1.807, 2.05) is 0 Å². The summed E-state index contributed by atoms with van der Waals surface area (Å²) < 4.78 is 0. The Hall–Kier alpha value is -1.60. The van der Waals surface area contributed by atoms with Crippen LogP contribution in [0.25, 0.3) is 0 Å². The molecular formula is C9H13ClN4O3. The lowest BCUT2D eigenvalue weighted by atomic mass is 10.0. The molecule has 1 aromatic heterocycles. The van der Waals surface area contributed by atoms with Crippen molar-refractivity contribution in [2.24, 2.45) is 5.92 Å². The van der Waals surface area contributed by atoms with E-state index in [1.165, 1.54) is 12.3 Å². The van der Waals surface area contributed by atoms with E-state index >= 15 is 0 Å². The van der Waals surface area contributed by atoms with Gasteiger partial charge in [0.05, 0.1) is 11.1 Å². The number of hydrogen-bond donors (Lipinski definition) is 3. The Morgan fingerprint density at radius 3 is 2.76 bits per heavy atom. The van der Waals surface area contributed by atoms with E-state index in [2.05, 4.69) is 15.6 Å². The minimum Gasteiger partial charge on any atom is -0.351 e. The van der Waals surface area contributed by atoms with E-state index in [-0.39, 0.29) is 29.7 Å². The molecular weight excluding hydrogens is 248 g/mol. The first kappa shape index (κ1) is 13.5. The van der Waals surface area contributed by atoms with Gasteiger partial charge < -0.3 is 15.6 Å². The number of aromatic amines is 1. The molecule has 2 heterocycles. The fraction of sp³-hybridized carbons (Fsp3) is 0.444. The van der Waals surface area contributed by atoms with E-state index in [9.17, 15) is 14.9 Å². The molecule has 0 saturated carbocycles. The molecule has 3 N–H and O–H groups in total. The van der Waals surface area contributed by atoms with Gasteiger partial charge in [0.1, 0.15) is 5.69 Å². The number of aromatic nitrogens is 1. The molecule has 1 fully saturated rings. The number of halogens is 1. The Balaban J connectivity index is 0.00000144. The SMILES string of the molecule is Cl.O=C(NCC1CNC1)c1cc([N+](=O)[O-])c[nH]1. The Morgan fingerprint density at radius 1 is 1.59 bits per heavy atom. The molecule has 0 aromatic carbocycles. The second-order valence-electron chi connectivity index (χ2n) is 3.76. The van der Waals surface area contributed by atoms with Crippen LogP contribution >= 0.6 is 12.4 Å². The number of H-pyrrole nitrogens is 1. The normalized spacial score (nSPS) is 14.6. The topological polar surface area (TPSA) is 100 Å². The Bertz CT molecular complexity index is 416. The van der Waals surface area contributed by atoms with Gasteiger partial charge in [0, 0.05) is 31.6 Å². The maximum absolute atomic E-state index is 11.5. The molecule has 17 heavy (non-hydrogen) atoms. The summed E-state index contributed by atoms with van der Waals surface area (Å²) in [5, 5.41) is 16.2. The molecule has 0 spiro atoms. The predicted molar refractivity (Wildman–Crippen MR) is 63.4 cm³/mol. The number of nitrogens with one attached hydrogen (secondary N) is 3. The number of rotatable bonds is 4. The maximum Gasteiger partial charge on any atom is 0.287 e. The van der Waals surface area contributed by atoms with Crippen molar-refractivity contribution in [2.75, 3.05) is 19.6 Å². The third-order valence-corrected chi connectivity index (χ3v) is 2.54. The minimum absolute atomic E-state index is 0. The molecule has 0 atom stereocenters. The molecule has 94 valence electrons. The van der Waals surface area contributed by atoms with Gasteiger partial charge in [0.15, 0.2) is 0 Å². The Morgan fingerprint density at radius 2 is 2.29 bits per heavy atom. The van der Waals surface area contributed by atoms with Crippen molar-refractivity contribution in [1.29, 1.82) is 0 Å². The van der Waals surface area contributed by atoms with Gasteiger partial charge in [-0.15, -0.1) is 12.4 Å². The second kappa shape index (κ2) is 5.65. The van der Waals surface area contributed by atoms with E-state index in [1.54, 1.807) is 0 Å².